The quantitative estimate of drug-likeness (QED) is 0.263. The summed E-state index contributed by atoms with van der Waals surface area (Å²) in [5, 5.41) is 0. The Kier molecular flexibility index (Phi) is 8.08. The summed E-state index contributed by atoms with van der Waals surface area (Å²) in [6.07, 6.45) is 15.6. The Morgan fingerprint density at radius 3 is 2.46 bits per heavy atom. The third-order valence-electron chi connectivity index (χ3n) is 10.8. The van der Waals surface area contributed by atoms with Crippen LogP contribution in [0, 0.1) is 46.3 Å². The van der Waals surface area contributed by atoms with E-state index in [9.17, 15) is 9.59 Å². The number of hydrogen-bond acceptors (Lipinski definition) is 4. The average molecular weight is 487 g/mol. The van der Waals surface area contributed by atoms with E-state index in [-0.39, 0.29) is 23.5 Å². The Labute approximate surface area is 214 Å². The van der Waals surface area contributed by atoms with Crippen molar-refractivity contribution in [2.75, 3.05) is 6.61 Å². The van der Waals surface area contributed by atoms with E-state index >= 15 is 0 Å². The zero-order valence-electron chi connectivity index (χ0n) is 23.2. The van der Waals surface area contributed by atoms with Gasteiger partial charge in [-0.3, -0.25) is 9.59 Å². The standard InChI is InChI=1S/C31H50O4/c1-20(2)8-7-9-21(3)27-12-13-28-26-11-10-24-18-25(35-23(5)33)14-17-31(24,19-34-22(4)32)29(26)15-16-30(27,28)6/h10,20-21,25-29H,7-9,11-19H2,1-6H3. The van der Waals surface area contributed by atoms with Crippen LogP contribution in [-0.2, 0) is 19.1 Å². The molecule has 0 aliphatic heterocycles. The summed E-state index contributed by atoms with van der Waals surface area (Å²) in [4.78, 5) is 23.5. The van der Waals surface area contributed by atoms with Crippen LogP contribution in [0.3, 0.4) is 0 Å². The van der Waals surface area contributed by atoms with Crippen LogP contribution >= 0.6 is 0 Å². The monoisotopic (exact) mass is 486 g/mol. The molecule has 0 amide bonds. The zero-order valence-corrected chi connectivity index (χ0v) is 23.2. The molecule has 0 aromatic carbocycles. The number of ether oxygens (including phenoxy) is 2. The van der Waals surface area contributed by atoms with E-state index in [1.54, 1.807) is 0 Å². The van der Waals surface area contributed by atoms with Crippen molar-refractivity contribution < 1.29 is 19.1 Å². The number of fused-ring (bicyclic) bond motifs is 5. The van der Waals surface area contributed by atoms with Gasteiger partial charge in [-0.1, -0.05) is 58.6 Å². The van der Waals surface area contributed by atoms with Crippen molar-refractivity contribution in [3.8, 4) is 0 Å². The highest BCUT2D eigenvalue weighted by atomic mass is 16.5. The summed E-state index contributed by atoms with van der Waals surface area (Å²) in [7, 11) is 0. The number of rotatable bonds is 8. The molecule has 4 rings (SSSR count). The molecule has 0 aromatic heterocycles. The molecule has 0 saturated heterocycles. The molecule has 0 aromatic rings. The first kappa shape index (κ1) is 26.7. The maximum absolute atomic E-state index is 11.9. The third kappa shape index (κ3) is 5.23. The van der Waals surface area contributed by atoms with Gasteiger partial charge in [0.1, 0.15) is 12.7 Å². The van der Waals surface area contributed by atoms with Crippen molar-refractivity contribution in [3.05, 3.63) is 11.6 Å². The van der Waals surface area contributed by atoms with Crippen molar-refractivity contribution in [2.24, 2.45) is 46.3 Å². The van der Waals surface area contributed by atoms with Crippen LogP contribution in [0.2, 0.25) is 0 Å². The van der Waals surface area contributed by atoms with Crippen molar-refractivity contribution in [1.29, 1.82) is 0 Å². The molecular formula is C31H50O4. The highest BCUT2D eigenvalue weighted by Gasteiger charge is 2.60. The van der Waals surface area contributed by atoms with Crippen LogP contribution in [0.15, 0.2) is 11.6 Å². The van der Waals surface area contributed by atoms with Crippen molar-refractivity contribution in [2.45, 2.75) is 118 Å². The number of carbonyl (C=O) groups is 2. The Morgan fingerprint density at radius 2 is 1.77 bits per heavy atom. The van der Waals surface area contributed by atoms with Gasteiger partial charge in [-0.2, -0.15) is 0 Å². The Bertz CT molecular complexity index is 815. The largest absolute Gasteiger partial charge is 0.465 e. The van der Waals surface area contributed by atoms with E-state index < -0.39 is 0 Å². The molecule has 0 radical (unpaired) electrons. The molecular weight excluding hydrogens is 436 g/mol. The van der Waals surface area contributed by atoms with E-state index in [1.807, 2.05) is 0 Å². The van der Waals surface area contributed by atoms with Crippen LogP contribution in [-0.4, -0.2) is 24.6 Å². The van der Waals surface area contributed by atoms with Crippen LogP contribution in [0.5, 0.6) is 0 Å². The molecule has 0 spiro atoms. The van der Waals surface area contributed by atoms with Crippen molar-refractivity contribution in [3.63, 3.8) is 0 Å². The summed E-state index contributed by atoms with van der Waals surface area (Å²) < 4.78 is 11.4. The van der Waals surface area contributed by atoms with Gasteiger partial charge in [-0.25, -0.2) is 0 Å². The number of carbonyl (C=O) groups excluding carboxylic acids is 2. The van der Waals surface area contributed by atoms with Crippen molar-refractivity contribution in [1.82, 2.24) is 0 Å². The fourth-order valence-corrected chi connectivity index (χ4v) is 9.28. The van der Waals surface area contributed by atoms with Gasteiger partial charge < -0.3 is 9.47 Å². The molecule has 198 valence electrons. The van der Waals surface area contributed by atoms with Crippen molar-refractivity contribution >= 4 is 11.9 Å². The lowest BCUT2D eigenvalue weighted by atomic mass is 9.46. The van der Waals surface area contributed by atoms with Crippen LogP contribution < -0.4 is 0 Å². The van der Waals surface area contributed by atoms with E-state index in [0.717, 1.165) is 49.4 Å². The topological polar surface area (TPSA) is 52.6 Å². The fourth-order valence-electron chi connectivity index (χ4n) is 9.28. The average Bonchev–Trinajstić information content (AvgIpc) is 3.14. The molecule has 35 heavy (non-hydrogen) atoms. The molecule has 8 atom stereocenters. The van der Waals surface area contributed by atoms with Gasteiger partial charge in [-0.05, 0) is 85.9 Å². The van der Waals surface area contributed by atoms with Crippen LogP contribution in [0.4, 0.5) is 0 Å². The minimum absolute atomic E-state index is 0.0304. The van der Waals surface area contributed by atoms with E-state index in [4.69, 9.17) is 9.47 Å². The summed E-state index contributed by atoms with van der Waals surface area (Å²) in [6, 6.07) is 0. The molecule has 0 N–H and O–H groups in total. The predicted molar refractivity (Wildman–Crippen MR) is 140 cm³/mol. The lowest BCUT2D eigenvalue weighted by Gasteiger charge is -2.59. The predicted octanol–water partition coefficient (Wildman–Crippen LogP) is 7.50. The Morgan fingerprint density at radius 1 is 1.00 bits per heavy atom. The highest BCUT2D eigenvalue weighted by molar-refractivity contribution is 5.66. The van der Waals surface area contributed by atoms with Gasteiger partial charge in [-0.15, -0.1) is 0 Å². The first-order valence-corrected chi connectivity index (χ1v) is 14.6. The molecule has 4 aliphatic rings. The summed E-state index contributed by atoms with van der Waals surface area (Å²) in [5.74, 6) is 4.12. The lowest BCUT2D eigenvalue weighted by Crippen LogP contribution is -2.53. The molecule has 3 saturated carbocycles. The van der Waals surface area contributed by atoms with Crippen LogP contribution in [0.25, 0.3) is 0 Å². The summed E-state index contributed by atoms with van der Waals surface area (Å²) >= 11 is 0. The van der Waals surface area contributed by atoms with Gasteiger partial charge >= 0.3 is 11.9 Å². The number of allylic oxidation sites excluding steroid dienone is 1. The molecule has 3 fully saturated rings. The SMILES string of the molecule is CC(=O)OCC12CCC(OC(C)=O)CC1=CCC1C2CCC2(C)C(C(C)CCCC(C)C)CCC12. The minimum atomic E-state index is -0.190. The second-order valence-electron chi connectivity index (χ2n) is 13.3. The second-order valence-corrected chi connectivity index (χ2v) is 13.3. The minimum Gasteiger partial charge on any atom is -0.465 e. The molecule has 4 aliphatic carbocycles. The summed E-state index contributed by atoms with van der Waals surface area (Å²) in [6.45, 7) is 13.4. The lowest BCUT2D eigenvalue weighted by molar-refractivity contribution is -0.154. The van der Waals surface area contributed by atoms with E-state index in [1.165, 1.54) is 64.4 Å². The van der Waals surface area contributed by atoms with E-state index in [2.05, 4.69) is 33.8 Å². The summed E-state index contributed by atoms with van der Waals surface area (Å²) in [5.41, 5.74) is 1.78. The first-order valence-electron chi connectivity index (χ1n) is 14.6. The fraction of sp³-hybridized carbons (Fsp3) is 0.871. The zero-order chi connectivity index (χ0) is 25.4. The maximum atomic E-state index is 11.9. The molecule has 4 nitrogen and oxygen atoms in total. The van der Waals surface area contributed by atoms with Gasteiger partial charge in [0.05, 0.1) is 0 Å². The van der Waals surface area contributed by atoms with Gasteiger partial charge in [0.25, 0.3) is 0 Å². The van der Waals surface area contributed by atoms with Gasteiger partial charge in [0.15, 0.2) is 0 Å². The Hall–Kier alpha value is -1.32. The number of esters is 2. The molecule has 0 bridgehead atoms. The Balaban J connectivity index is 1.54. The van der Waals surface area contributed by atoms with Gasteiger partial charge in [0, 0.05) is 25.7 Å². The van der Waals surface area contributed by atoms with E-state index in [0.29, 0.717) is 23.9 Å². The molecule has 0 heterocycles. The molecule has 8 unspecified atom stereocenters. The highest BCUT2D eigenvalue weighted by Crippen LogP contribution is 2.67. The van der Waals surface area contributed by atoms with Crippen LogP contribution in [0.1, 0.15) is 112 Å². The normalized spacial score (nSPS) is 39.2. The first-order chi connectivity index (χ1) is 16.6. The second kappa shape index (κ2) is 10.6. The van der Waals surface area contributed by atoms with Gasteiger partial charge in [0.2, 0.25) is 0 Å². The molecule has 4 heteroatoms. The number of hydrogen-bond donors (Lipinski definition) is 0. The third-order valence-corrected chi connectivity index (χ3v) is 10.8. The maximum Gasteiger partial charge on any atom is 0.302 e. The smallest absolute Gasteiger partial charge is 0.302 e.